The van der Waals surface area contributed by atoms with Gasteiger partial charge in [0.2, 0.25) is 0 Å². The van der Waals surface area contributed by atoms with Crippen molar-refractivity contribution in [2.24, 2.45) is 0 Å². The van der Waals surface area contributed by atoms with E-state index >= 15 is 0 Å². The van der Waals surface area contributed by atoms with Gasteiger partial charge in [0.05, 0.1) is 0 Å². The van der Waals surface area contributed by atoms with E-state index < -0.39 is 20.5 Å². The Morgan fingerprint density at radius 1 is 1.00 bits per heavy atom. The fourth-order valence-corrected chi connectivity index (χ4v) is 0. The Kier molecular flexibility index (Phi) is 10.1. The van der Waals surface area contributed by atoms with Crippen LogP contribution in [0.25, 0.3) is 0 Å². The molecular weight excluding hydrogens is 343 g/mol. The van der Waals surface area contributed by atoms with Crippen molar-refractivity contribution in [1.29, 1.82) is 0 Å². The van der Waals surface area contributed by atoms with Crippen LogP contribution in [0, 0.1) is 0 Å². The first-order valence-electron chi connectivity index (χ1n) is 2.31. The van der Waals surface area contributed by atoms with Crippen LogP contribution >= 0.6 is 55.1 Å². The van der Waals surface area contributed by atoms with Crippen molar-refractivity contribution in [3.05, 3.63) is 0 Å². The number of aliphatic carboxylic acids is 2. The molecule has 0 rings (SSSR count). The van der Waals surface area contributed by atoms with Gasteiger partial charge in [0.15, 0.2) is 8.57 Å². The van der Waals surface area contributed by atoms with Gasteiger partial charge in [0, 0.05) is 0 Å². The lowest BCUT2D eigenvalue weighted by Crippen LogP contribution is -2.03. The summed E-state index contributed by atoms with van der Waals surface area (Å²) in [4.78, 5) is 19.0. The van der Waals surface area contributed by atoms with Crippen LogP contribution in [0.5, 0.6) is 0 Å². The number of hydrogen-bond donors (Lipinski definition) is 2. The van der Waals surface area contributed by atoms with Crippen molar-refractivity contribution in [1.82, 2.24) is 0 Å². The third-order valence-electron chi connectivity index (χ3n) is 0.373. The van der Waals surface area contributed by atoms with Gasteiger partial charge < -0.3 is 10.2 Å². The predicted molar refractivity (Wildman–Crippen MR) is 52.4 cm³/mol. The van der Waals surface area contributed by atoms with E-state index in [4.69, 9.17) is 33.4 Å². The predicted octanol–water partition coefficient (Wildman–Crippen LogP) is 2.06. The second kappa shape index (κ2) is 8.10. The number of carboxylic acids is 2. The highest BCUT2D eigenvalue weighted by molar-refractivity contribution is 9.10. The molecule has 4 nitrogen and oxygen atoms in total. The van der Waals surface area contributed by atoms with E-state index in [1.54, 1.807) is 0 Å². The molecule has 2 N–H and O–H groups in total. The molecule has 0 aromatic rings. The van der Waals surface area contributed by atoms with Crippen LogP contribution in [-0.4, -0.2) is 30.7 Å². The molecule has 0 aliphatic heterocycles. The van der Waals surface area contributed by atoms with Gasteiger partial charge in [0.1, 0.15) is 0 Å². The van der Waals surface area contributed by atoms with Crippen molar-refractivity contribution in [3.63, 3.8) is 0 Å². The van der Waals surface area contributed by atoms with Crippen molar-refractivity contribution >= 4 is 67.0 Å². The standard InChI is InChI=1S/2C2H2BrClO2/c2*3-1(4)2(5)6/h2*1H,(H,5,6)/t2*1-/m10/s1. The lowest BCUT2D eigenvalue weighted by atomic mass is 10.8. The number of rotatable bonds is 2. The fourth-order valence-electron chi connectivity index (χ4n) is 0. The van der Waals surface area contributed by atoms with E-state index in [9.17, 15) is 9.59 Å². The van der Waals surface area contributed by atoms with Gasteiger partial charge in [-0.25, -0.2) is 9.59 Å². The summed E-state index contributed by atoms with van der Waals surface area (Å²) in [6, 6.07) is 0. The molecule has 72 valence electrons. The van der Waals surface area contributed by atoms with Crippen LogP contribution in [0.1, 0.15) is 0 Å². The summed E-state index contributed by atoms with van der Waals surface area (Å²) in [6.45, 7) is 0. The summed E-state index contributed by atoms with van der Waals surface area (Å²) in [7, 11) is 0. The van der Waals surface area contributed by atoms with Crippen LogP contribution in [0.15, 0.2) is 0 Å². The van der Waals surface area contributed by atoms with Crippen LogP contribution in [0.3, 0.4) is 0 Å². The van der Waals surface area contributed by atoms with E-state index in [2.05, 4.69) is 31.9 Å². The monoisotopic (exact) mass is 344 g/mol. The topological polar surface area (TPSA) is 74.6 Å². The summed E-state index contributed by atoms with van der Waals surface area (Å²) in [6.07, 6.45) is 0. The first-order valence-corrected chi connectivity index (χ1v) is 5.01. The first-order chi connectivity index (χ1) is 5.29. The van der Waals surface area contributed by atoms with E-state index in [1.165, 1.54) is 0 Å². The molecule has 0 aromatic carbocycles. The minimum absolute atomic E-state index is 0.947. The maximum atomic E-state index is 9.52. The Morgan fingerprint density at radius 2 is 1.08 bits per heavy atom. The summed E-state index contributed by atoms with van der Waals surface area (Å²) >= 11 is 15.1. The maximum absolute atomic E-state index is 9.52. The third-order valence-corrected chi connectivity index (χ3v) is 1.53. The lowest BCUT2D eigenvalue weighted by Gasteiger charge is -1.84. The summed E-state index contributed by atoms with van der Waals surface area (Å²) in [5.41, 5.74) is 0. The van der Waals surface area contributed by atoms with E-state index in [0.717, 1.165) is 0 Å². The Labute approximate surface area is 95.1 Å². The first kappa shape index (κ1) is 15.0. The van der Waals surface area contributed by atoms with Gasteiger partial charge in [-0.1, -0.05) is 55.1 Å². The molecule has 0 saturated carbocycles. The Bertz CT molecular complexity index is 143. The Balaban J connectivity index is 0. The zero-order valence-corrected chi connectivity index (χ0v) is 10.1. The van der Waals surface area contributed by atoms with Crippen LogP contribution < -0.4 is 0 Å². The molecular formula is C4H4Br2Cl2O4. The van der Waals surface area contributed by atoms with Crippen molar-refractivity contribution in [2.45, 2.75) is 8.57 Å². The molecule has 0 fully saturated rings. The minimum atomic E-state index is -1.06. The normalized spacial score (nSPS) is 13.7. The summed E-state index contributed by atoms with van der Waals surface area (Å²) in [5, 5.41) is 15.6. The summed E-state index contributed by atoms with van der Waals surface area (Å²) in [5.74, 6) is -2.12. The Morgan fingerprint density at radius 3 is 1.08 bits per heavy atom. The van der Waals surface area contributed by atoms with Crippen molar-refractivity contribution in [2.75, 3.05) is 0 Å². The Hall–Kier alpha value is 0.480. The highest BCUT2D eigenvalue weighted by Crippen LogP contribution is 2.02. The number of carbonyl (C=O) groups is 2. The van der Waals surface area contributed by atoms with Gasteiger partial charge in [0.25, 0.3) is 0 Å². The van der Waals surface area contributed by atoms with Gasteiger partial charge in [-0.15, -0.1) is 0 Å². The van der Waals surface area contributed by atoms with Gasteiger partial charge in [-0.3, -0.25) is 0 Å². The molecule has 0 unspecified atom stereocenters. The molecule has 0 heterocycles. The number of hydrogen-bond acceptors (Lipinski definition) is 2. The van der Waals surface area contributed by atoms with Gasteiger partial charge in [-0.05, 0) is 0 Å². The lowest BCUT2D eigenvalue weighted by molar-refractivity contribution is -0.135. The van der Waals surface area contributed by atoms with Crippen molar-refractivity contribution < 1.29 is 19.8 Å². The SMILES string of the molecule is O=C(O)[C@@H](Cl)Br.O=C(O)[C@H](Cl)Br. The maximum Gasteiger partial charge on any atom is 0.332 e. The largest absolute Gasteiger partial charge is 0.480 e. The number of alkyl halides is 4. The van der Waals surface area contributed by atoms with E-state index in [-0.39, 0.29) is 0 Å². The van der Waals surface area contributed by atoms with Crippen molar-refractivity contribution in [3.8, 4) is 0 Å². The molecule has 0 amide bonds. The van der Waals surface area contributed by atoms with E-state index in [0.29, 0.717) is 0 Å². The van der Waals surface area contributed by atoms with Gasteiger partial charge in [-0.2, -0.15) is 0 Å². The molecule has 0 spiro atoms. The van der Waals surface area contributed by atoms with Crippen LogP contribution in [0.4, 0.5) is 0 Å². The number of halogens is 4. The molecule has 0 saturated heterocycles. The molecule has 0 bridgehead atoms. The molecule has 2 atom stereocenters. The summed E-state index contributed by atoms with van der Waals surface area (Å²) < 4.78 is -1.89. The smallest absolute Gasteiger partial charge is 0.332 e. The molecule has 0 aliphatic carbocycles. The molecule has 12 heavy (non-hydrogen) atoms. The molecule has 0 aromatic heterocycles. The van der Waals surface area contributed by atoms with Crippen LogP contribution in [-0.2, 0) is 9.59 Å². The highest BCUT2D eigenvalue weighted by atomic mass is 79.9. The quantitative estimate of drug-likeness (QED) is 0.751. The average molecular weight is 347 g/mol. The minimum Gasteiger partial charge on any atom is -0.480 e. The molecule has 0 aliphatic rings. The second-order valence-electron chi connectivity index (χ2n) is 1.28. The van der Waals surface area contributed by atoms with E-state index in [1.807, 2.05) is 0 Å². The zero-order valence-electron chi connectivity index (χ0n) is 5.38. The van der Waals surface area contributed by atoms with Gasteiger partial charge >= 0.3 is 11.9 Å². The van der Waals surface area contributed by atoms with Crippen LogP contribution in [0.2, 0.25) is 0 Å². The number of carboxylic acid groups (broad SMARTS) is 2. The zero-order chi connectivity index (χ0) is 10.3. The third kappa shape index (κ3) is 13.1. The average Bonchev–Trinajstić information content (AvgIpc) is 1.88. The fraction of sp³-hybridized carbons (Fsp3) is 0.500. The highest BCUT2D eigenvalue weighted by Gasteiger charge is 2.05. The second-order valence-corrected chi connectivity index (χ2v) is 5.04. The molecule has 0 radical (unpaired) electrons. The molecule has 8 heteroatoms.